The summed E-state index contributed by atoms with van der Waals surface area (Å²) in [4.78, 5) is 5.34. The number of thiazole rings is 1. The van der Waals surface area contributed by atoms with Gasteiger partial charge < -0.3 is 9.84 Å². The van der Waals surface area contributed by atoms with Crippen LogP contribution in [0.3, 0.4) is 0 Å². The molecule has 4 rings (SSSR count). The Bertz CT molecular complexity index is 1300. The lowest BCUT2D eigenvalue weighted by molar-refractivity contribution is 0.373. The van der Waals surface area contributed by atoms with Crippen LogP contribution in [0.25, 0.3) is 22.4 Å². The van der Waals surface area contributed by atoms with Gasteiger partial charge in [0, 0.05) is 10.9 Å². The molecule has 1 aromatic heterocycles. The van der Waals surface area contributed by atoms with Crippen LogP contribution in [0.5, 0.6) is 11.5 Å². The van der Waals surface area contributed by atoms with Gasteiger partial charge in [0.05, 0.1) is 25.6 Å². The molecule has 0 radical (unpaired) electrons. The number of methoxy groups -OCH3 is 1. The van der Waals surface area contributed by atoms with Crippen molar-refractivity contribution in [1.82, 2.24) is 4.68 Å². The third-order valence-electron chi connectivity index (χ3n) is 4.85. The Kier molecular flexibility index (Phi) is 6.63. The zero-order chi connectivity index (χ0) is 22.3. The van der Waals surface area contributed by atoms with Gasteiger partial charge in [-0.05, 0) is 34.9 Å². The summed E-state index contributed by atoms with van der Waals surface area (Å²) in [6, 6.07) is 23.8. The zero-order valence-electron chi connectivity index (χ0n) is 17.7. The fourth-order valence-corrected chi connectivity index (χ4v) is 4.08. The van der Waals surface area contributed by atoms with Crippen LogP contribution in [0.2, 0.25) is 0 Å². The summed E-state index contributed by atoms with van der Waals surface area (Å²) in [6.07, 6.45) is 3.45. The molecular weight excluding hydrogens is 418 g/mol. The number of nitrogens with zero attached hydrogens (tertiary/aromatic N) is 3. The van der Waals surface area contributed by atoms with Gasteiger partial charge in [-0.3, -0.25) is 4.99 Å². The predicted octanol–water partition coefficient (Wildman–Crippen LogP) is 5.57. The van der Waals surface area contributed by atoms with Gasteiger partial charge in [0.1, 0.15) is 0 Å². The molecule has 6 heteroatoms. The second kappa shape index (κ2) is 9.94. The Hall–Kier alpha value is -3.90. The summed E-state index contributed by atoms with van der Waals surface area (Å²) in [5, 5.41) is 16.8. The lowest BCUT2D eigenvalue weighted by Gasteiger charge is -2.06. The molecule has 0 saturated heterocycles. The average Bonchev–Trinajstić information content (AvgIpc) is 3.24. The van der Waals surface area contributed by atoms with E-state index in [4.69, 9.17) is 4.74 Å². The number of ether oxygens (including phenoxy) is 1. The van der Waals surface area contributed by atoms with Crippen molar-refractivity contribution < 1.29 is 9.84 Å². The average molecular weight is 442 g/mol. The van der Waals surface area contributed by atoms with Crippen LogP contribution in [-0.4, -0.2) is 29.7 Å². The maximum absolute atomic E-state index is 10.1. The lowest BCUT2D eigenvalue weighted by Crippen LogP contribution is -2.12. The number of hydrogen-bond donors (Lipinski definition) is 1. The maximum Gasteiger partial charge on any atom is 0.206 e. The Morgan fingerprint density at radius 1 is 1.00 bits per heavy atom. The Morgan fingerprint density at radius 2 is 1.72 bits per heavy atom. The summed E-state index contributed by atoms with van der Waals surface area (Å²) in [5.41, 5.74) is 5.06. The smallest absolute Gasteiger partial charge is 0.206 e. The standard InChI is InChI=1S/C26H23N3O2S/c1-3-15-27-26-29(28-17-19-9-14-25(31-2)24(30)16-19)23(18-32-26)22-12-10-21(11-13-22)20-7-5-4-6-8-20/h3-14,16-18,30H,1,15H2,2H3. The number of benzene rings is 3. The molecule has 5 nitrogen and oxygen atoms in total. The molecule has 0 aliphatic heterocycles. The number of aromatic nitrogens is 1. The summed E-state index contributed by atoms with van der Waals surface area (Å²) in [7, 11) is 1.52. The van der Waals surface area contributed by atoms with Crippen molar-refractivity contribution in [2.24, 2.45) is 10.1 Å². The van der Waals surface area contributed by atoms with E-state index in [1.807, 2.05) is 34.3 Å². The molecule has 0 atom stereocenters. The summed E-state index contributed by atoms with van der Waals surface area (Å²) in [5.74, 6) is 0.492. The largest absolute Gasteiger partial charge is 0.504 e. The van der Waals surface area contributed by atoms with Crippen molar-refractivity contribution >= 4 is 17.6 Å². The molecule has 0 bridgehead atoms. The van der Waals surface area contributed by atoms with Crippen LogP contribution in [-0.2, 0) is 0 Å². The quantitative estimate of drug-likeness (QED) is 0.301. The van der Waals surface area contributed by atoms with Crippen molar-refractivity contribution in [3.8, 4) is 33.9 Å². The topological polar surface area (TPSA) is 59.1 Å². The molecule has 0 fully saturated rings. The van der Waals surface area contributed by atoms with E-state index < -0.39 is 0 Å². The maximum atomic E-state index is 10.1. The van der Waals surface area contributed by atoms with E-state index in [1.54, 1.807) is 24.4 Å². The van der Waals surface area contributed by atoms with Gasteiger partial charge in [-0.1, -0.05) is 60.7 Å². The molecule has 1 heterocycles. The minimum atomic E-state index is 0.0695. The summed E-state index contributed by atoms with van der Waals surface area (Å²) >= 11 is 1.52. The number of rotatable bonds is 7. The number of phenolic OH excluding ortho intramolecular Hbond substituents is 1. The van der Waals surface area contributed by atoms with E-state index in [1.165, 1.54) is 24.0 Å². The predicted molar refractivity (Wildman–Crippen MR) is 131 cm³/mol. The van der Waals surface area contributed by atoms with Crippen LogP contribution in [0.1, 0.15) is 5.56 Å². The van der Waals surface area contributed by atoms with Crippen LogP contribution in [0, 0.1) is 0 Å². The highest BCUT2D eigenvalue weighted by Gasteiger charge is 2.08. The third-order valence-corrected chi connectivity index (χ3v) is 5.71. The monoisotopic (exact) mass is 441 g/mol. The third kappa shape index (κ3) is 4.71. The molecule has 0 spiro atoms. The van der Waals surface area contributed by atoms with Gasteiger partial charge in [0.2, 0.25) is 4.80 Å². The van der Waals surface area contributed by atoms with Crippen molar-refractivity contribution in [3.05, 3.63) is 101 Å². The molecule has 0 saturated carbocycles. The van der Waals surface area contributed by atoms with Crippen LogP contribution >= 0.6 is 11.3 Å². The summed E-state index contributed by atoms with van der Waals surface area (Å²) < 4.78 is 6.92. The minimum Gasteiger partial charge on any atom is -0.504 e. The van der Waals surface area contributed by atoms with Gasteiger partial charge in [0.15, 0.2) is 11.5 Å². The molecule has 160 valence electrons. The molecule has 4 aromatic rings. The van der Waals surface area contributed by atoms with Crippen LogP contribution in [0.4, 0.5) is 0 Å². The second-order valence-electron chi connectivity index (χ2n) is 6.96. The first kappa shape index (κ1) is 21.3. The molecule has 0 aliphatic carbocycles. The van der Waals surface area contributed by atoms with E-state index >= 15 is 0 Å². The first-order valence-electron chi connectivity index (χ1n) is 10.1. The molecule has 1 N–H and O–H groups in total. The highest BCUT2D eigenvalue weighted by Crippen LogP contribution is 2.27. The van der Waals surface area contributed by atoms with Crippen molar-refractivity contribution in [3.63, 3.8) is 0 Å². The number of hydrogen-bond acceptors (Lipinski definition) is 5. The Labute approximate surface area is 190 Å². The minimum absolute atomic E-state index is 0.0695. The molecule has 32 heavy (non-hydrogen) atoms. The fourth-order valence-electron chi connectivity index (χ4n) is 3.24. The van der Waals surface area contributed by atoms with Crippen molar-refractivity contribution in [2.45, 2.75) is 0 Å². The van der Waals surface area contributed by atoms with Gasteiger partial charge in [-0.2, -0.15) is 5.10 Å². The molecule has 0 unspecified atom stereocenters. The highest BCUT2D eigenvalue weighted by molar-refractivity contribution is 7.07. The van der Waals surface area contributed by atoms with Gasteiger partial charge in [0.25, 0.3) is 0 Å². The highest BCUT2D eigenvalue weighted by atomic mass is 32.1. The number of phenols is 1. The molecule has 0 amide bonds. The van der Waals surface area contributed by atoms with Gasteiger partial charge >= 0.3 is 0 Å². The normalized spacial score (nSPS) is 11.7. The van der Waals surface area contributed by atoms with E-state index in [2.05, 4.69) is 53.1 Å². The second-order valence-corrected chi connectivity index (χ2v) is 7.80. The SMILES string of the molecule is C=CCN=c1scc(-c2ccc(-c3ccccc3)cc2)n1N=Cc1ccc(OC)c(O)c1. The zero-order valence-corrected chi connectivity index (χ0v) is 18.5. The van der Waals surface area contributed by atoms with E-state index in [9.17, 15) is 5.11 Å². The molecule has 3 aromatic carbocycles. The molecule has 0 aliphatic rings. The van der Waals surface area contributed by atoms with Gasteiger partial charge in [-0.15, -0.1) is 17.9 Å². The van der Waals surface area contributed by atoms with E-state index in [-0.39, 0.29) is 5.75 Å². The van der Waals surface area contributed by atoms with Gasteiger partial charge in [-0.25, -0.2) is 4.68 Å². The van der Waals surface area contributed by atoms with Crippen LogP contribution in [0.15, 0.2) is 101 Å². The van der Waals surface area contributed by atoms with Crippen molar-refractivity contribution in [2.75, 3.05) is 13.7 Å². The van der Waals surface area contributed by atoms with E-state index in [0.29, 0.717) is 12.3 Å². The number of aromatic hydroxyl groups is 1. The first-order chi connectivity index (χ1) is 15.7. The lowest BCUT2D eigenvalue weighted by atomic mass is 10.0. The van der Waals surface area contributed by atoms with Crippen LogP contribution < -0.4 is 9.54 Å². The van der Waals surface area contributed by atoms with E-state index in [0.717, 1.165) is 27.2 Å². The molecular formula is C26H23N3O2S. The summed E-state index contributed by atoms with van der Waals surface area (Å²) in [6.45, 7) is 4.26. The van der Waals surface area contributed by atoms with Crippen molar-refractivity contribution in [1.29, 1.82) is 0 Å². The Balaban J connectivity index is 1.71. The first-order valence-corrected chi connectivity index (χ1v) is 11.0. The Morgan fingerprint density at radius 3 is 2.41 bits per heavy atom. The fraction of sp³-hybridized carbons (Fsp3) is 0.0769.